The molecule has 0 aliphatic carbocycles. The summed E-state index contributed by atoms with van der Waals surface area (Å²) in [5.74, 6) is -2.16. The number of nitrogens with one attached hydrogen (secondary N) is 1. The van der Waals surface area contributed by atoms with Gasteiger partial charge in [-0.15, -0.1) is 0 Å². The van der Waals surface area contributed by atoms with Crippen LogP contribution in [0, 0.1) is 11.6 Å². The van der Waals surface area contributed by atoms with Crippen molar-refractivity contribution < 1.29 is 13.6 Å². The van der Waals surface area contributed by atoms with Crippen molar-refractivity contribution in [3.8, 4) is 0 Å². The Morgan fingerprint density at radius 1 is 1.50 bits per heavy atom. The summed E-state index contributed by atoms with van der Waals surface area (Å²) in [6.45, 7) is 2.03. The maximum absolute atomic E-state index is 13.3. The SMILES string of the molecule is CC(NCCC(N)=O)c1cccc(F)c1F. The van der Waals surface area contributed by atoms with Crippen molar-refractivity contribution in [2.24, 2.45) is 5.73 Å². The summed E-state index contributed by atoms with van der Waals surface area (Å²) >= 11 is 0. The van der Waals surface area contributed by atoms with Gasteiger partial charge in [-0.25, -0.2) is 8.78 Å². The summed E-state index contributed by atoms with van der Waals surface area (Å²) in [5.41, 5.74) is 5.20. The minimum atomic E-state index is -0.874. The minimum absolute atomic E-state index is 0.168. The van der Waals surface area contributed by atoms with Crippen molar-refractivity contribution in [2.75, 3.05) is 6.54 Å². The van der Waals surface area contributed by atoms with Crippen molar-refractivity contribution >= 4 is 5.91 Å². The summed E-state index contributed by atoms with van der Waals surface area (Å²) in [6, 6.07) is 3.64. The highest BCUT2D eigenvalue weighted by molar-refractivity contribution is 5.73. The lowest BCUT2D eigenvalue weighted by Crippen LogP contribution is -2.25. The maximum atomic E-state index is 13.3. The van der Waals surface area contributed by atoms with Gasteiger partial charge in [-0.3, -0.25) is 4.79 Å². The van der Waals surface area contributed by atoms with Crippen LogP contribution in [0.25, 0.3) is 0 Å². The zero-order chi connectivity index (χ0) is 12.1. The Kier molecular flexibility index (Phi) is 4.37. The van der Waals surface area contributed by atoms with Gasteiger partial charge in [0.15, 0.2) is 11.6 Å². The molecule has 1 aromatic carbocycles. The van der Waals surface area contributed by atoms with E-state index in [9.17, 15) is 13.6 Å². The minimum Gasteiger partial charge on any atom is -0.370 e. The summed E-state index contributed by atoms with van der Waals surface area (Å²) in [5, 5.41) is 2.89. The number of rotatable bonds is 5. The molecule has 0 aliphatic heterocycles. The Morgan fingerprint density at radius 3 is 2.81 bits per heavy atom. The first-order valence-electron chi connectivity index (χ1n) is 4.98. The van der Waals surface area contributed by atoms with E-state index in [1.807, 2.05) is 0 Å². The molecular weight excluding hydrogens is 214 g/mol. The molecule has 3 nitrogen and oxygen atoms in total. The Bertz CT molecular complexity index is 382. The first-order chi connectivity index (χ1) is 7.52. The van der Waals surface area contributed by atoms with Crippen LogP contribution in [0.15, 0.2) is 18.2 Å². The monoisotopic (exact) mass is 228 g/mol. The molecule has 0 aliphatic rings. The average Bonchev–Trinajstić information content (AvgIpc) is 2.21. The van der Waals surface area contributed by atoms with Gasteiger partial charge in [-0.1, -0.05) is 12.1 Å². The molecule has 1 rings (SSSR count). The van der Waals surface area contributed by atoms with Gasteiger partial charge in [0.1, 0.15) is 0 Å². The van der Waals surface area contributed by atoms with Crippen LogP contribution in [0.2, 0.25) is 0 Å². The topological polar surface area (TPSA) is 55.1 Å². The van der Waals surface area contributed by atoms with Crippen LogP contribution in [0.3, 0.4) is 0 Å². The molecule has 5 heteroatoms. The van der Waals surface area contributed by atoms with Crippen molar-refractivity contribution in [2.45, 2.75) is 19.4 Å². The van der Waals surface area contributed by atoms with Crippen LogP contribution in [0.5, 0.6) is 0 Å². The standard InChI is InChI=1S/C11H14F2N2O/c1-7(15-6-5-10(14)16)8-3-2-4-9(12)11(8)13/h2-4,7,15H,5-6H2,1H3,(H2,14,16). The smallest absolute Gasteiger partial charge is 0.218 e. The number of amides is 1. The summed E-state index contributed by atoms with van der Waals surface area (Å²) < 4.78 is 26.2. The molecule has 0 bridgehead atoms. The third kappa shape index (κ3) is 3.27. The normalized spacial score (nSPS) is 12.4. The predicted molar refractivity (Wildman–Crippen MR) is 56.6 cm³/mol. The summed E-state index contributed by atoms with van der Waals surface area (Å²) in [7, 11) is 0. The molecule has 0 aromatic heterocycles. The molecule has 1 atom stereocenters. The number of nitrogens with two attached hydrogens (primary N) is 1. The van der Waals surface area contributed by atoms with E-state index in [-0.39, 0.29) is 18.0 Å². The van der Waals surface area contributed by atoms with Crippen LogP contribution in [0.1, 0.15) is 24.9 Å². The van der Waals surface area contributed by atoms with E-state index in [4.69, 9.17) is 5.73 Å². The number of benzene rings is 1. The maximum Gasteiger partial charge on any atom is 0.218 e. The number of carbonyl (C=O) groups is 1. The number of halogens is 2. The zero-order valence-electron chi connectivity index (χ0n) is 8.97. The number of hydrogen-bond acceptors (Lipinski definition) is 2. The van der Waals surface area contributed by atoms with Crippen molar-refractivity contribution in [3.63, 3.8) is 0 Å². The Balaban J connectivity index is 2.62. The van der Waals surface area contributed by atoms with Crippen LogP contribution >= 0.6 is 0 Å². The molecule has 0 saturated heterocycles. The van der Waals surface area contributed by atoms with Gasteiger partial charge in [-0.05, 0) is 13.0 Å². The molecule has 16 heavy (non-hydrogen) atoms. The molecule has 0 heterocycles. The van der Waals surface area contributed by atoms with E-state index in [0.717, 1.165) is 6.07 Å². The largest absolute Gasteiger partial charge is 0.370 e. The Labute approximate surface area is 92.6 Å². The molecule has 1 aromatic rings. The fourth-order valence-corrected chi connectivity index (χ4v) is 1.38. The van der Waals surface area contributed by atoms with Gasteiger partial charge in [0, 0.05) is 24.6 Å². The highest BCUT2D eigenvalue weighted by atomic mass is 19.2. The lowest BCUT2D eigenvalue weighted by atomic mass is 10.1. The molecular formula is C11H14F2N2O. The van der Waals surface area contributed by atoms with Crippen molar-refractivity contribution in [1.29, 1.82) is 0 Å². The molecule has 0 spiro atoms. The van der Waals surface area contributed by atoms with E-state index >= 15 is 0 Å². The van der Waals surface area contributed by atoms with Crippen molar-refractivity contribution in [1.82, 2.24) is 5.32 Å². The van der Waals surface area contributed by atoms with Gasteiger partial charge in [0.2, 0.25) is 5.91 Å². The van der Waals surface area contributed by atoms with Crippen LogP contribution in [-0.2, 0) is 4.79 Å². The summed E-state index contributed by atoms with van der Waals surface area (Å²) in [6.07, 6.45) is 0.168. The Hall–Kier alpha value is -1.49. The highest BCUT2D eigenvalue weighted by Crippen LogP contribution is 2.18. The third-order valence-electron chi connectivity index (χ3n) is 2.27. The molecule has 0 saturated carbocycles. The summed E-state index contributed by atoms with van der Waals surface area (Å²) in [4.78, 5) is 10.5. The fraction of sp³-hybridized carbons (Fsp3) is 0.364. The van der Waals surface area contributed by atoms with E-state index in [1.54, 1.807) is 6.92 Å². The average molecular weight is 228 g/mol. The number of carbonyl (C=O) groups excluding carboxylic acids is 1. The fourth-order valence-electron chi connectivity index (χ4n) is 1.38. The third-order valence-corrected chi connectivity index (χ3v) is 2.27. The predicted octanol–water partition coefficient (Wildman–Crippen LogP) is 1.49. The quantitative estimate of drug-likeness (QED) is 0.802. The number of hydrogen-bond donors (Lipinski definition) is 2. The number of primary amides is 1. The van der Waals surface area contributed by atoms with E-state index in [2.05, 4.69) is 5.32 Å². The first-order valence-corrected chi connectivity index (χ1v) is 4.98. The zero-order valence-corrected chi connectivity index (χ0v) is 8.97. The van der Waals surface area contributed by atoms with Crippen LogP contribution in [-0.4, -0.2) is 12.5 Å². The molecule has 88 valence electrons. The second-order valence-electron chi connectivity index (χ2n) is 3.54. The second-order valence-corrected chi connectivity index (χ2v) is 3.54. The Morgan fingerprint density at radius 2 is 2.19 bits per heavy atom. The lowest BCUT2D eigenvalue weighted by Gasteiger charge is -2.14. The second kappa shape index (κ2) is 5.55. The van der Waals surface area contributed by atoms with Gasteiger partial charge < -0.3 is 11.1 Å². The van der Waals surface area contributed by atoms with Gasteiger partial charge in [-0.2, -0.15) is 0 Å². The van der Waals surface area contributed by atoms with E-state index in [1.165, 1.54) is 12.1 Å². The van der Waals surface area contributed by atoms with Gasteiger partial charge in [0.25, 0.3) is 0 Å². The van der Waals surface area contributed by atoms with E-state index in [0.29, 0.717) is 6.54 Å². The highest BCUT2D eigenvalue weighted by Gasteiger charge is 2.13. The van der Waals surface area contributed by atoms with Crippen LogP contribution < -0.4 is 11.1 Å². The molecule has 1 amide bonds. The van der Waals surface area contributed by atoms with Crippen molar-refractivity contribution in [3.05, 3.63) is 35.4 Å². The van der Waals surface area contributed by atoms with Crippen LogP contribution in [0.4, 0.5) is 8.78 Å². The molecule has 3 N–H and O–H groups in total. The molecule has 0 radical (unpaired) electrons. The lowest BCUT2D eigenvalue weighted by molar-refractivity contribution is -0.117. The first kappa shape index (κ1) is 12.6. The molecule has 0 fully saturated rings. The van der Waals surface area contributed by atoms with Gasteiger partial charge >= 0.3 is 0 Å². The van der Waals surface area contributed by atoms with E-state index < -0.39 is 17.5 Å². The molecule has 1 unspecified atom stereocenters. The van der Waals surface area contributed by atoms with Gasteiger partial charge in [0.05, 0.1) is 0 Å².